The van der Waals surface area contributed by atoms with Gasteiger partial charge in [0.1, 0.15) is 5.69 Å². The van der Waals surface area contributed by atoms with Gasteiger partial charge in [-0.1, -0.05) is 0 Å². The van der Waals surface area contributed by atoms with E-state index in [2.05, 4.69) is 4.98 Å². The second-order valence-corrected chi connectivity index (χ2v) is 4.23. The van der Waals surface area contributed by atoms with Crippen LogP contribution in [-0.4, -0.2) is 30.1 Å². The molecule has 1 aromatic heterocycles. The lowest BCUT2D eigenvalue weighted by atomic mass is 10.2. The predicted molar refractivity (Wildman–Crippen MR) is 64.7 cm³/mol. The Morgan fingerprint density at radius 3 is 2.39 bits per heavy atom. The number of hydrogen-bond donors (Lipinski definition) is 1. The molecule has 1 fully saturated rings. The summed E-state index contributed by atoms with van der Waals surface area (Å²) in [6, 6.07) is 1.53. The Labute approximate surface area is 105 Å². The molecule has 0 bridgehead atoms. The summed E-state index contributed by atoms with van der Waals surface area (Å²) in [7, 11) is 0. The van der Waals surface area contributed by atoms with Crippen LogP contribution in [0, 0.1) is 0 Å². The van der Waals surface area contributed by atoms with Crippen molar-refractivity contribution in [2.24, 2.45) is 0 Å². The van der Waals surface area contributed by atoms with E-state index in [-0.39, 0.29) is 5.97 Å². The van der Waals surface area contributed by atoms with Crippen molar-refractivity contribution in [1.82, 2.24) is 4.98 Å². The van der Waals surface area contributed by atoms with Crippen molar-refractivity contribution in [2.75, 3.05) is 13.2 Å². The molecule has 0 amide bonds. The van der Waals surface area contributed by atoms with Crippen LogP contribution < -0.4 is 0 Å². The zero-order chi connectivity index (χ0) is 13.1. The molecule has 1 heterocycles. The standard InChI is InChI=1S/C13H17NO4/c1-3-17-12(15)9-7-10(13(16)18-4-2)14-11(9)8-5-6-8/h7-8,14H,3-6H2,1-2H3. The molecule has 1 aliphatic rings. The number of carbonyl (C=O) groups is 2. The largest absolute Gasteiger partial charge is 0.462 e. The van der Waals surface area contributed by atoms with Crippen molar-refractivity contribution in [2.45, 2.75) is 32.6 Å². The van der Waals surface area contributed by atoms with E-state index in [1.165, 1.54) is 6.07 Å². The van der Waals surface area contributed by atoms with Crippen molar-refractivity contribution in [1.29, 1.82) is 0 Å². The van der Waals surface area contributed by atoms with Crippen molar-refractivity contribution in [3.8, 4) is 0 Å². The summed E-state index contributed by atoms with van der Waals surface area (Å²) in [4.78, 5) is 26.4. The van der Waals surface area contributed by atoms with Gasteiger partial charge >= 0.3 is 11.9 Å². The Bertz CT molecular complexity index is 460. The normalized spacial score (nSPS) is 14.3. The fraction of sp³-hybridized carbons (Fsp3) is 0.538. The lowest BCUT2D eigenvalue weighted by Crippen LogP contribution is -2.06. The average Bonchev–Trinajstić information content (AvgIpc) is 3.08. The second kappa shape index (κ2) is 5.25. The maximum absolute atomic E-state index is 11.8. The Morgan fingerprint density at radius 2 is 1.83 bits per heavy atom. The lowest BCUT2D eigenvalue weighted by molar-refractivity contribution is 0.0518. The highest BCUT2D eigenvalue weighted by Gasteiger charge is 2.32. The Morgan fingerprint density at radius 1 is 1.22 bits per heavy atom. The molecular weight excluding hydrogens is 234 g/mol. The maximum atomic E-state index is 11.8. The summed E-state index contributed by atoms with van der Waals surface area (Å²) < 4.78 is 9.90. The molecule has 0 aromatic carbocycles. The van der Waals surface area contributed by atoms with Gasteiger partial charge < -0.3 is 14.5 Å². The number of carbonyl (C=O) groups excluding carboxylic acids is 2. The van der Waals surface area contributed by atoms with Gasteiger partial charge in [0.25, 0.3) is 0 Å². The lowest BCUT2D eigenvalue weighted by Gasteiger charge is -2.01. The van der Waals surface area contributed by atoms with E-state index in [0.717, 1.165) is 18.5 Å². The molecule has 5 heteroatoms. The first kappa shape index (κ1) is 12.7. The summed E-state index contributed by atoms with van der Waals surface area (Å²) in [6.07, 6.45) is 2.07. The monoisotopic (exact) mass is 251 g/mol. The van der Waals surface area contributed by atoms with Crippen LogP contribution in [0.3, 0.4) is 0 Å². The van der Waals surface area contributed by atoms with Crippen LogP contribution in [0.4, 0.5) is 0 Å². The third kappa shape index (κ3) is 2.55. The number of esters is 2. The summed E-state index contributed by atoms with van der Waals surface area (Å²) in [5.74, 6) is -0.478. The molecule has 1 aliphatic carbocycles. The summed E-state index contributed by atoms with van der Waals surface area (Å²) in [5, 5.41) is 0. The van der Waals surface area contributed by atoms with Crippen molar-refractivity contribution < 1.29 is 19.1 Å². The Balaban J connectivity index is 2.26. The highest BCUT2D eigenvalue weighted by atomic mass is 16.5. The number of hydrogen-bond acceptors (Lipinski definition) is 4. The molecule has 98 valence electrons. The highest BCUT2D eigenvalue weighted by Crippen LogP contribution is 2.41. The van der Waals surface area contributed by atoms with E-state index in [9.17, 15) is 9.59 Å². The third-order valence-electron chi connectivity index (χ3n) is 2.82. The number of H-pyrrole nitrogens is 1. The molecule has 0 radical (unpaired) electrons. The number of aromatic nitrogens is 1. The van der Waals surface area contributed by atoms with E-state index < -0.39 is 5.97 Å². The molecule has 0 atom stereocenters. The van der Waals surface area contributed by atoms with Gasteiger partial charge in [0.15, 0.2) is 0 Å². The topological polar surface area (TPSA) is 68.4 Å². The van der Waals surface area contributed by atoms with Crippen LogP contribution in [0.5, 0.6) is 0 Å². The summed E-state index contributed by atoms with van der Waals surface area (Å²) in [5.41, 5.74) is 1.58. The molecule has 1 saturated carbocycles. The quantitative estimate of drug-likeness (QED) is 0.815. The molecule has 0 unspecified atom stereocenters. The smallest absolute Gasteiger partial charge is 0.354 e. The number of aromatic amines is 1. The van der Waals surface area contributed by atoms with Crippen LogP contribution in [-0.2, 0) is 9.47 Å². The number of nitrogens with one attached hydrogen (secondary N) is 1. The van der Waals surface area contributed by atoms with Crippen LogP contribution in [0.15, 0.2) is 6.07 Å². The first-order chi connectivity index (χ1) is 8.67. The van der Waals surface area contributed by atoms with Crippen LogP contribution in [0.1, 0.15) is 59.1 Å². The molecule has 0 aliphatic heterocycles. The van der Waals surface area contributed by atoms with Gasteiger partial charge in [-0.3, -0.25) is 0 Å². The minimum Gasteiger partial charge on any atom is -0.462 e. The van der Waals surface area contributed by atoms with Gasteiger partial charge in [-0.25, -0.2) is 9.59 Å². The zero-order valence-corrected chi connectivity index (χ0v) is 10.6. The van der Waals surface area contributed by atoms with E-state index >= 15 is 0 Å². The van der Waals surface area contributed by atoms with E-state index in [4.69, 9.17) is 9.47 Å². The molecule has 1 aromatic rings. The van der Waals surface area contributed by atoms with Crippen LogP contribution in [0.2, 0.25) is 0 Å². The Hall–Kier alpha value is -1.78. The van der Waals surface area contributed by atoms with Crippen LogP contribution in [0.25, 0.3) is 0 Å². The number of rotatable bonds is 5. The maximum Gasteiger partial charge on any atom is 0.354 e. The van der Waals surface area contributed by atoms with Crippen molar-refractivity contribution in [3.05, 3.63) is 23.0 Å². The molecule has 5 nitrogen and oxygen atoms in total. The van der Waals surface area contributed by atoms with Gasteiger partial charge in [-0.05, 0) is 38.7 Å². The first-order valence-corrected chi connectivity index (χ1v) is 6.24. The van der Waals surface area contributed by atoms with E-state index in [1.807, 2.05) is 0 Å². The van der Waals surface area contributed by atoms with Crippen LogP contribution >= 0.6 is 0 Å². The van der Waals surface area contributed by atoms with Gasteiger partial charge in [0.2, 0.25) is 0 Å². The highest BCUT2D eigenvalue weighted by molar-refractivity contribution is 5.96. The molecule has 0 saturated heterocycles. The summed E-state index contributed by atoms with van der Waals surface area (Å²) >= 11 is 0. The molecular formula is C13H17NO4. The molecule has 0 spiro atoms. The van der Waals surface area contributed by atoms with Crippen molar-refractivity contribution in [3.63, 3.8) is 0 Å². The minimum atomic E-state index is -0.435. The molecule has 1 N–H and O–H groups in total. The fourth-order valence-corrected chi connectivity index (χ4v) is 1.86. The van der Waals surface area contributed by atoms with E-state index in [1.54, 1.807) is 13.8 Å². The SMILES string of the molecule is CCOC(=O)c1cc(C(=O)OCC)c(C2CC2)[nH]1. The fourth-order valence-electron chi connectivity index (χ4n) is 1.86. The van der Waals surface area contributed by atoms with Gasteiger partial charge in [0.05, 0.1) is 18.8 Å². The van der Waals surface area contributed by atoms with Gasteiger partial charge in [0, 0.05) is 5.69 Å². The Kier molecular flexibility index (Phi) is 3.69. The average molecular weight is 251 g/mol. The van der Waals surface area contributed by atoms with Crippen molar-refractivity contribution >= 4 is 11.9 Å². The minimum absolute atomic E-state index is 0.311. The summed E-state index contributed by atoms with van der Waals surface area (Å²) in [6.45, 7) is 4.14. The van der Waals surface area contributed by atoms with E-state index in [0.29, 0.717) is 30.4 Å². The third-order valence-corrected chi connectivity index (χ3v) is 2.82. The molecule has 2 rings (SSSR count). The van der Waals surface area contributed by atoms with Gasteiger partial charge in [-0.15, -0.1) is 0 Å². The zero-order valence-electron chi connectivity index (χ0n) is 10.6. The number of ether oxygens (including phenoxy) is 2. The first-order valence-electron chi connectivity index (χ1n) is 6.24. The second-order valence-electron chi connectivity index (χ2n) is 4.23. The molecule has 18 heavy (non-hydrogen) atoms. The van der Waals surface area contributed by atoms with Gasteiger partial charge in [-0.2, -0.15) is 0 Å². The predicted octanol–water partition coefficient (Wildman–Crippen LogP) is 2.25.